The summed E-state index contributed by atoms with van der Waals surface area (Å²) in [7, 11) is 0. The van der Waals surface area contributed by atoms with E-state index < -0.39 is 5.60 Å². The quantitative estimate of drug-likeness (QED) is 0.589. The van der Waals surface area contributed by atoms with E-state index in [9.17, 15) is 14.3 Å². The summed E-state index contributed by atoms with van der Waals surface area (Å²) >= 11 is 0. The standard InChI is InChI=1S/C27H36FN3O4/c1-22(32)31-15-14-30(19-27(33,20-31)21-35-26-10-6-24(28)7-11-26)18-23-4-8-25(9-5-23)34-17-16-29-12-2-3-13-29/h4-11,33H,2-3,12-21H2,1H3. The van der Waals surface area contributed by atoms with Crippen molar-refractivity contribution in [2.24, 2.45) is 0 Å². The lowest BCUT2D eigenvalue weighted by Gasteiger charge is -2.32. The summed E-state index contributed by atoms with van der Waals surface area (Å²) in [5.74, 6) is 0.908. The van der Waals surface area contributed by atoms with Crippen LogP contribution in [0, 0.1) is 5.82 Å². The maximum Gasteiger partial charge on any atom is 0.219 e. The number of hydrogen-bond acceptors (Lipinski definition) is 6. The lowest BCUT2D eigenvalue weighted by molar-refractivity contribution is -0.132. The van der Waals surface area contributed by atoms with Gasteiger partial charge in [0.15, 0.2) is 0 Å². The second-order valence-corrected chi connectivity index (χ2v) is 9.66. The van der Waals surface area contributed by atoms with Crippen molar-refractivity contribution in [1.82, 2.24) is 14.7 Å². The minimum atomic E-state index is -1.25. The molecular weight excluding hydrogens is 449 g/mol. The van der Waals surface area contributed by atoms with Crippen LogP contribution in [-0.2, 0) is 11.3 Å². The molecule has 0 radical (unpaired) electrons. The Kier molecular flexibility index (Phi) is 8.59. The number of halogens is 1. The van der Waals surface area contributed by atoms with E-state index in [1.165, 1.54) is 57.1 Å². The number of likely N-dealkylation sites (tertiary alicyclic amines) is 1. The summed E-state index contributed by atoms with van der Waals surface area (Å²) in [5.41, 5.74) is -0.148. The molecule has 7 nitrogen and oxygen atoms in total. The van der Waals surface area contributed by atoms with Gasteiger partial charge < -0.3 is 19.5 Å². The summed E-state index contributed by atoms with van der Waals surface area (Å²) in [6.45, 7) is 7.85. The Bertz CT molecular complexity index is 950. The van der Waals surface area contributed by atoms with E-state index in [-0.39, 0.29) is 24.9 Å². The molecule has 2 aliphatic heterocycles. The van der Waals surface area contributed by atoms with Crippen molar-refractivity contribution < 1.29 is 23.8 Å². The number of rotatable bonds is 9. The van der Waals surface area contributed by atoms with Gasteiger partial charge in [-0.05, 0) is 67.9 Å². The van der Waals surface area contributed by atoms with Crippen molar-refractivity contribution in [3.63, 3.8) is 0 Å². The highest BCUT2D eigenvalue weighted by atomic mass is 19.1. The first-order valence-corrected chi connectivity index (χ1v) is 12.4. The molecule has 8 heteroatoms. The molecule has 2 saturated heterocycles. The number of carbonyl (C=O) groups excluding carboxylic acids is 1. The fourth-order valence-corrected chi connectivity index (χ4v) is 4.73. The van der Waals surface area contributed by atoms with Crippen LogP contribution in [0.4, 0.5) is 4.39 Å². The molecule has 0 spiro atoms. The number of ether oxygens (including phenoxy) is 2. The molecule has 0 aromatic heterocycles. The fourth-order valence-electron chi connectivity index (χ4n) is 4.73. The first-order valence-electron chi connectivity index (χ1n) is 12.4. The lowest BCUT2D eigenvalue weighted by atomic mass is 10.0. The van der Waals surface area contributed by atoms with Crippen molar-refractivity contribution in [1.29, 1.82) is 0 Å². The van der Waals surface area contributed by atoms with Crippen LogP contribution in [-0.4, -0.2) is 90.3 Å². The number of β-amino-alcohol motifs (C(OH)–C–C–N with tert-alkyl or cyclic N) is 1. The van der Waals surface area contributed by atoms with E-state index in [0.717, 1.165) is 17.9 Å². The van der Waals surface area contributed by atoms with E-state index in [4.69, 9.17) is 9.47 Å². The Labute approximate surface area is 207 Å². The number of amides is 1. The Morgan fingerprint density at radius 1 is 0.914 bits per heavy atom. The molecule has 2 aromatic carbocycles. The monoisotopic (exact) mass is 485 g/mol. The molecule has 1 N–H and O–H groups in total. The predicted molar refractivity (Wildman–Crippen MR) is 132 cm³/mol. The summed E-state index contributed by atoms with van der Waals surface area (Å²) in [5, 5.41) is 11.4. The Balaban J connectivity index is 1.34. The molecule has 2 aromatic rings. The van der Waals surface area contributed by atoms with Gasteiger partial charge in [-0.2, -0.15) is 0 Å². The smallest absolute Gasteiger partial charge is 0.219 e. The van der Waals surface area contributed by atoms with Gasteiger partial charge in [-0.25, -0.2) is 4.39 Å². The number of hydrogen-bond donors (Lipinski definition) is 1. The Morgan fingerprint density at radius 3 is 2.26 bits per heavy atom. The van der Waals surface area contributed by atoms with Gasteiger partial charge in [0.25, 0.3) is 0 Å². The minimum Gasteiger partial charge on any atom is -0.492 e. The number of nitrogens with zero attached hydrogens (tertiary/aromatic N) is 3. The van der Waals surface area contributed by atoms with Crippen LogP contribution >= 0.6 is 0 Å². The molecule has 2 fully saturated rings. The lowest BCUT2D eigenvalue weighted by Crippen LogP contribution is -2.51. The first-order chi connectivity index (χ1) is 16.9. The average molecular weight is 486 g/mol. The highest BCUT2D eigenvalue weighted by molar-refractivity contribution is 5.73. The van der Waals surface area contributed by atoms with Crippen LogP contribution in [0.3, 0.4) is 0 Å². The third-order valence-electron chi connectivity index (χ3n) is 6.66. The normalized spacial score (nSPS) is 21.6. The fraction of sp³-hybridized carbons (Fsp3) is 0.519. The highest BCUT2D eigenvalue weighted by Gasteiger charge is 2.36. The maximum absolute atomic E-state index is 13.2. The van der Waals surface area contributed by atoms with Gasteiger partial charge >= 0.3 is 0 Å². The molecule has 0 saturated carbocycles. The summed E-state index contributed by atoms with van der Waals surface area (Å²) in [4.78, 5) is 18.3. The van der Waals surface area contributed by atoms with Crippen LogP contribution in [0.5, 0.6) is 11.5 Å². The Morgan fingerprint density at radius 2 is 1.57 bits per heavy atom. The highest BCUT2D eigenvalue weighted by Crippen LogP contribution is 2.21. The SMILES string of the molecule is CC(=O)N1CCN(Cc2ccc(OCCN3CCCC3)cc2)CC(O)(COc2ccc(F)cc2)C1. The topological polar surface area (TPSA) is 65.5 Å². The maximum atomic E-state index is 13.2. The molecule has 0 aliphatic carbocycles. The average Bonchev–Trinajstić information content (AvgIpc) is 3.29. The van der Waals surface area contributed by atoms with Gasteiger partial charge in [-0.1, -0.05) is 12.1 Å². The van der Waals surface area contributed by atoms with Crippen molar-refractivity contribution in [3.05, 3.63) is 59.9 Å². The van der Waals surface area contributed by atoms with Crippen LogP contribution in [0.1, 0.15) is 25.3 Å². The first kappa shape index (κ1) is 25.4. The molecular formula is C27H36FN3O4. The van der Waals surface area contributed by atoms with E-state index in [2.05, 4.69) is 9.80 Å². The van der Waals surface area contributed by atoms with Gasteiger partial charge in [-0.15, -0.1) is 0 Å². The molecule has 1 amide bonds. The third kappa shape index (κ3) is 7.65. The summed E-state index contributed by atoms with van der Waals surface area (Å²) in [6, 6.07) is 13.8. The number of aliphatic hydroxyl groups is 1. The zero-order valence-corrected chi connectivity index (χ0v) is 20.5. The van der Waals surface area contributed by atoms with Crippen molar-refractivity contribution >= 4 is 5.91 Å². The molecule has 2 heterocycles. The predicted octanol–water partition coefficient (Wildman–Crippen LogP) is 2.77. The van der Waals surface area contributed by atoms with Crippen LogP contribution in [0.2, 0.25) is 0 Å². The van der Waals surface area contributed by atoms with E-state index in [1.807, 2.05) is 24.3 Å². The van der Waals surface area contributed by atoms with Gasteiger partial charge in [0.05, 0.1) is 6.54 Å². The van der Waals surface area contributed by atoms with E-state index >= 15 is 0 Å². The van der Waals surface area contributed by atoms with E-state index in [1.54, 1.807) is 4.90 Å². The summed E-state index contributed by atoms with van der Waals surface area (Å²) in [6.07, 6.45) is 2.56. The third-order valence-corrected chi connectivity index (χ3v) is 6.66. The van der Waals surface area contributed by atoms with E-state index in [0.29, 0.717) is 38.5 Å². The van der Waals surface area contributed by atoms with Crippen LogP contribution in [0.25, 0.3) is 0 Å². The second kappa shape index (κ2) is 11.8. The molecule has 4 rings (SSSR count). The number of carbonyl (C=O) groups is 1. The van der Waals surface area contributed by atoms with Gasteiger partial charge in [-0.3, -0.25) is 14.6 Å². The van der Waals surface area contributed by atoms with Gasteiger partial charge in [0.2, 0.25) is 5.91 Å². The zero-order chi connectivity index (χ0) is 24.7. The van der Waals surface area contributed by atoms with Crippen molar-refractivity contribution in [2.75, 3.05) is 59.0 Å². The molecule has 35 heavy (non-hydrogen) atoms. The number of benzene rings is 2. The Hall–Kier alpha value is -2.68. The zero-order valence-electron chi connectivity index (χ0n) is 20.5. The summed E-state index contributed by atoms with van der Waals surface area (Å²) < 4.78 is 24.9. The van der Waals surface area contributed by atoms with Crippen molar-refractivity contribution in [2.45, 2.75) is 31.9 Å². The minimum absolute atomic E-state index is 0.00269. The molecule has 0 bridgehead atoms. The van der Waals surface area contributed by atoms with Gasteiger partial charge in [0, 0.05) is 39.6 Å². The largest absolute Gasteiger partial charge is 0.492 e. The second-order valence-electron chi connectivity index (χ2n) is 9.66. The molecule has 1 atom stereocenters. The van der Waals surface area contributed by atoms with Crippen molar-refractivity contribution in [3.8, 4) is 11.5 Å². The molecule has 190 valence electrons. The van der Waals surface area contributed by atoms with Crippen LogP contribution in [0.15, 0.2) is 48.5 Å². The van der Waals surface area contributed by atoms with Gasteiger partial charge in [0.1, 0.15) is 36.1 Å². The molecule has 1 unspecified atom stereocenters. The molecule has 2 aliphatic rings. The van der Waals surface area contributed by atoms with Crippen LogP contribution < -0.4 is 9.47 Å².